The maximum Gasteiger partial charge on any atom is 0.421 e. The van der Waals surface area contributed by atoms with Gasteiger partial charge in [0.15, 0.2) is 0 Å². The summed E-state index contributed by atoms with van der Waals surface area (Å²) < 4.78 is 38.4. The molecule has 113 valence electrons. The molecule has 7 heteroatoms. The normalized spacial score (nSPS) is 12.5. The molecule has 0 saturated heterocycles. The van der Waals surface area contributed by atoms with Gasteiger partial charge < -0.3 is 5.11 Å². The Morgan fingerprint density at radius 3 is 2.57 bits per heavy atom. The number of carbonyl (C=O) groups is 1. The number of benzene rings is 1. The van der Waals surface area contributed by atoms with Crippen LogP contribution in [0.4, 0.5) is 9.18 Å². The molecule has 0 spiro atoms. The van der Waals surface area contributed by atoms with E-state index in [1.807, 2.05) is 12.8 Å². The third kappa shape index (κ3) is 3.73. The molecule has 1 unspecified atom stereocenters. The van der Waals surface area contributed by atoms with E-state index in [0.717, 1.165) is 12.1 Å². The number of hydrogen-bond donors (Lipinski definition) is 1. The summed E-state index contributed by atoms with van der Waals surface area (Å²) in [5.41, 5.74) is -0.197. The molecule has 21 heavy (non-hydrogen) atoms. The first kappa shape index (κ1) is 17.0. The van der Waals surface area contributed by atoms with Crippen molar-refractivity contribution in [1.82, 2.24) is 4.31 Å². The largest absolute Gasteiger partial charge is 0.464 e. The van der Waals surface area contributed by atoms with Gasteiger partial charge in [0.25, 0.3) is 10.0 Å². The van der Waals surface area contributed by atoms with Crippen LogP contribution in [0.2, 0.25) is 0 Å². The van der Waals surface area contributed by atoms with Gasteiger partial charge in [-0.3, -0.25) is 0 Å². The van der Waals surface area contributed by atoms with E-state index in [4.69, 9.17) is 11.5 Å². The zero-order valence-corrected chi connectivity index (χ0v) is 12.4. The molecule has 1 N–H and O–H groups in total. The van der Waals surface area contributed by atoms with E-state index in [9.17, 15) is 17.6 Å². The van der Waals surface area contributed by atoms with Gasteiger partial charge in [0.05, 0.1) is 10.5 Å². The molecular formula is C14H15FNO4S. The molecular weight excluding hydrogens is 297 g/mol. The van der Waals surface area contributed by atoms with E-state index in [2.05, 4.69) is 0 Å². The molecule has 1 radical (unpaired) electrons. The average molecular weight is 312 g/mol. The number of nitrogens with zero attached hydrogens (tertiary/aromatic N) is 1. The monoisotopic (exact) mass is 312 g/mol. The van der Waals surface area contributed by atoms with Crippen LogP contribution in [0.5, 0.6) is 0 Å². The Labute approximate surface area is 123 Å². The number of amides is 1. The molecule has 0 aliphatic carbocycles. The summed E-state index contributed by atoms with van der Waals surface area (Å²) in [6.45, 7) is 3.33. The van der Waals surface area contributed by atoms with Gasteiger partial charge in [0.2, 0.25) is 0 Å². The highest BCUT2D eigenvalue weighted by molar-refractivity contribution is 7.89. The van der Waals surface area contributed by atoms with E-state index in [0.29, 0.717) is 16.8 Å². The van der Waals surface area contributed by atoms with Crippen molar-refractivity contribution in [2.75, 3.05) is 6.54 Å². The van der Waals surface area contributed by atoms with Crippen molar-refractivity contribution in [2.45, 2.75) is 25.2 Å². The Kier molecular flexibility index (Phi) is 5.33. The van der Waals surface area contributed by atoms with Crippen LogP contribution in [0.3, 0.4) is 0 Å². The zero-order valence-electron chi connectivity index (χ0n) is 11.6. The minimum absolute atomic E-state index is 0.157. The van der Waals surface area contributed by atoms with Crippen molar-refractivity contribution in [3.05, 3.63) is 36.0 Å². The lowest BCUT2D eigenvalue weighted by molar-refractivity contribution is 0.167. The Morgan fingerprint density at radius 2 is 2.14 bits per heavy atom. The van der Waals surface area contributed by atoms with Gasteiger partial charge in [-0.05, 0) is 36.5 Å². The second kappa shape index (κ2) is 6.59. The van der Waals surface area contributed by atoms with Crippen LogP contribution in [0, 0.1) is 24.1 Å². The predicted octanol–water partition coefficient (Wildman–Crippen LogP) is 2.48. The maximum absolute atomic E-state index is 13.6. The van der Waals surface area contributed by atoms with Gasteiger partial charge in [-0.1, -0.05) is 20.3 Å². The van der Waals surface area contributed by atoms with Crippen LogP contribution < -0.4 is 0 Å². The van der Waals surface area contributed by atoms with Crippen molar-refractivity contribution >= 4 is 16.1 Å². The van der Waals surface area contributed by atoms with E-state index >= 15 is 0 Å². The molecule has 0 heterocycles. The first-order chi connectivity index (χ1) is 9.73. The second-order valence-electron chi connectivity index (χ2n) is 4.60. The number of hydrogen-bond acceptors (Lipinski definition) is 3. The second-order valence-corrected chi connectivity index (χ2v) is 6.46. The summed E-state index contributed by atoms with van der Waals surface area (Å²) in [5.74, 6) is 0.716. The fraction of sp³-hybridized carbons (Fsp3) is 0.357. The van der Waals surface area contributed by atoms with Gasteiger partial charge in [-0.25, -0.2) is 21.9 Å². The van der Waals surface area contributed by atoms with Gasteiger partial charge in [0, 0.05) is 6.54 Å². The highest BCUT2D eigenvalue weighted by Gasteiger charge is 2.30. The molecule has 1 aromatic rings. The molecule has 0 fully saturated rings. The van der Waals surface area contributed by atoms with E-state index in [-0.39, 0.29) is 18.0 Å². The quantitative estimate of drug-likeness (QED) is 0.848. The first-order valence-electron chi connectivity index (χ1n) is 6.22. The van der Waals surface area contributed by atoms with Crippen LogP contribution in [0.1, 0.15) is 25.8 Å². The molecule has 0 saturated carbocycles. The van der Waals surface area contributed by atoms with Gasteiger partial charge in [0.1, 0.15) is 5.82 Å². The summed E-state index contributed by atoms with van der Waals surface area (Å²) in [7, 11) is -4.35. The van der Waals surface area contributed by atoms with Crippen LogP contribution >= 0.6 is 0 Å². The number of halogens is 1. The number of carboxylic acid groups (broad SMARTS) is 1. The third-order valence-corrected chi connectivity index (χ3v) is 4.79. The topological polar surface area (TPSA) is 74.7 Å². The molecule has 1 amide bonds. The van der Waals surface area contributed by atoms with E-state index in [1.165, 1.54) is 0 Å². The van der Waals surface area contributed by atoms with E-state index in [1.54, 1.807) is 6.92 Å². The van der Waals surface area contributed by atoms with Crippen molar-refractivity contribution in [1.29, 1.82) is 0 Å². The fourth-order valence-corrected chi connectivity index (χ4v) is 2.98. The summed E-state index contributed by atoms with van der Waals surface area (Å²) in [5, 5.41) is 9.10. The van der Waals surface area contributed by atoms with Gasteiger partial charge in [-0.2, -0.15) is 0 Å². The Hall–Kier alpha value is -2.07. The maximum atomic E-state index is 13.6. The van der Waals surface area contributed by atoms with Gasteiger partial charge in [-0.15, -0.1) is 0 Å². The molecule has 0 aromatic heterocycles. The Morgan fingerprint density at radius 1 is 1.52 bits per heavy atom. The number of sulfonamides is 1. The fourth-order valence-electron chi connectivity index (χ4n) is 1.58. The van der Waals surface area contributed by atoms with Crippen LogP contribution in [-0.4, -0.2) is 30.5 Å². The minimum atomic E-state index is -4.35. The molecule has 0 bridgehead atoms. The van der Waals surface area contributed by atoms with Crippen molar-refractivity contribution in [2.24, 2.45) is 5.92 Å². The predicted molar refractivity (Wildman–Crippen MR) is 74.0 cm³/mol. The van der Waals surface area contributed by atoms with Crippen molar-refractivity contribution in [3.63, 3.8) is 0 Å². The SMILES string of the molecule is [C]#Cc1ccc(S(=O)(=O)N(CC(C)CC)C(=O)O)cc1F. The summed E-state index contributed by atoms with van der Waals surface area (Å²) in [6.07, 6.45) is 5.83. The summed E-state index contributed by atoms with van der Waals surface area (Å²) >= 11 is 0. The van der Waals surface area contributed by atoms with Crippen LogP contribution in [-0.2, 0) is 10.0 Å². The highest BCUT2D eigenvalue weighted by Crippen LogP contribution is 2.20. The third-order valence-electron chi connectivity index (χ3n) is 3.05. The lowest BCUT2D eigenvalue weighted by Crippen LogP contribution is -2.38. The van der Waals surface area contributed by atoms with Crippen LogP contribution in [0.15, 0.2) is 23.1 Å². The molecule has 0 aliphatic rings. The minimum Gasteiger partial charge on any atom is -0.464 e. The zero-order chi connectivity index (χ0) is 16.2. The number of rotatable bonds is 5. The van der Waals surface area contributed by atoms with Crippen LogP contribution in [0.25, 0.3) is 0 Å². The average Bonchev–Trinajstić information content (AvgIpc) is 2.43. The Balaban J connectivity index is 3.27. The molecule has 1 rings (SSSR count). The summed E-state index contributed by atoms with van der Waals surface area (Å²) in [6, 6.07) is 2.82. The standard InChI is InChI=1S/C14H15FNO4S/c1-4-10(3)9-16(14(17)18)21(19,20)12-7-6-11(5-2)13(15)8-12/h6-8,10H,4,9H2,1,3H3,(H,17,18). The lowest BCUT2D eigenvalue weighted by atomic mass is 10.1. The summed E-state index contributed by atoms with van der Waals surface area (Å²) in [4.78, 5) is 10.7. The lowest BCUT2D eigenvalue weighted by Gasteiger charge is -2.22. The molecule has 0 aliphatic heterocycles. The first-order valence-corrected chi connectivity index (χ1v) is 7.66. The smallest absolute Gasteiger partial charge is 0.421 e. The van der Waals surface area contributed by atoms with Crippen molar-refractivity contribution in [3.8, 4) is 5.92 Å². The Bertz CT molecular complexity index is 679. The van der Waals surface area contributed by atoms with Crippen molar-refractivity contribution < 1.29 is 22.7 Å². The molecule has 5 nitrogen and oxygen atoms in total. The molecule has 1 aromatic carbocycles. The molecule has 1 atom stereocenters. The highest BCUT2D eigenvalue weighted by atomic mass is 32.2. The van der Waals surface area contributed by atoms with Gasteiger partial charge >= 0.3 is 6.09 Å². The van der Waals surface area contributed by atoms with E-state index < -0.39 is 26.8 Å².